The van der Waals surface area contributed by atoms with Gasteiger partial charge in [0.05, 0.1) is 11.0 Å². The summed E-state index contributed by atoms with van der Waals surface area (Å²) in [5.41, 5.74) is 9.87. The monoisotopic (exact) mass is 539 g/mol. The van der Waals surface area contributed by atoms with Crippen molar-refractivity contribution >= 4 is 21.8 Å². The lowest BCUT2D eigenvalue weighted by Crippen LogP contribution is -1.93. The SMILES string of the molecule is c1ccc(-c2cccc(-c3nnc(-c4ccc(-n5c6ccccc6c6cc(-c7ccccc7)ccc65)cc4)o3)c2)cc1. The van der Waals surface area contributed by atoms with Gasteiger partial charge in [0.25, 0.3) is 0 Å². The number of nitrogens with zero attached hydrogens (tertiary/aromatic N) is 3. The van der Waals surface area contributed by atoms with Gasteiger partial charge in [-0.15, -0.1) is 10.2 Å². The summed E-state index contributed by atoms with van der Waals surface area (Å²) in [6.45, 7) is 0. The van der Waals surface area contributed by atoms with E-state index in [0.717, 1.165) is 27.9 Å². The molecule has 198 valence electrons. The number of rotatable bonds is 5. The molecule has 2 heterocycles. The molecule has 0 aliphatic heterocycles. The largest absolute Gasteiger partial charge is 0.416 e. The maximum atomic E-state index is 6.14. The lowest BCUT2D eigenvalue weighted by Gasteiger charge is -2.09. The van der Waals surface area contributed by atoms with Crippen LogP contribution in [0.25, 0.3) is 72.7 Å². The minimum atomic E-state index is 0.497. The van der Waals surface area contributed by atoms with Crippen LogP contribution in [-0.2, 0) is 0 Å². The molecule has 8 rings (SSSR count). The summed E-state index contributed by atoms with van der Waals surface area (Å²) in [4.78, 5) is 0. The van der Waals surface area contributed by atoms with Gasteiger partial charge >= 0.3 is 0 Å². The van der Waals surface area contributed by atoms with E-state index in [9.17, 15) is 0 Å². The molecule has 0 saturated heterocycles. The van der Waals surface area contributed by atoms with Gasteiger partial charge in [0.15, 0.2) is 0 Å². The van der Waals surface area contributed by atoms with E-state index in [0.29, 0.717) is 11.8 Å². The normalized spacial score (nSPS) is 11.3. The highest BCUT2D eigenvalue weighted by Gasteiger charge is 2.15. The third-order valence-corrected chi connectivity index (χ3v) is 7.79. The maximum Gasteiger partial charge on any atom is 0.248 e. The Morgan fingerprint density at radius 2 is 0.929 bits per heavy atom. The Labute approximate surface area is 243 Å². The molecule has 0 N–H and O–H groups in total. The minimum absolute atomic E-state index is 0.497. The molecule has 2 aromatic heterocycles. The topological polar surface area (TPSA) is 43.9 Å². The zero-order valence-electron chi connectivity index (χ0n) is 22.7. The van der Waals surface area contributed by atoms with E-state index >= 15 is 0 Å². The Bertz CT molecular complexity index is 2180. The Morgan fingerprint density at radius 3 is 1.67 bits per heavy atom. The fourth-order valence-electron chi connectivity index (χ4n) is 5.73. The van der Waals surface area contributed by atoms with Crippen molar-refractivity contribution in [2.45, 2.75) is 0 Å². The zero-order chi connectivity index (χ0) is 27.9. The second kappa shape index (κ2) is 10.0. The number of hydrogen-bond acceptors (Lipinski definition) is 3. The highest BCUT2D eigenvalue weighted by atomic mass is 16.4. The quantitative estimate of drug-likeness (QED) is 0.219. The molecule has 0 bridgehead atoms. The molecule has 4 nitrogen and oxygen atoms in total. The first-order chi connectivity index (χ1) is 20.8. The first kappa shape index (κ1) is 24.1. The second-order valence-corrected chi connectivity index (χ2v) is 10.4. The van der Waals surface area contributed by atoms with Gasteiger partial charge < -0.3 is 8.98 Å². The molecule has 6 aromatic carbocycles. The van der Waals surface area contributed by atoms with Crippen LogP contribution in [-0.4, -0.2) is 14.8 Å². The average Bonchev–Trinajstić information content (AvgIpc) is 3.69. The van der Waals surface area contributed by atoms with Crippen LogP contribution < -0.4 is 0 Å². The van der Waals surface area contributed by atoms with E-state index < -0.39 is 0 Å². The molecule has 8 aromatic rings. The van der Waals surface area contributed by atoms with Crippen LogP contribution in [0.5, 0.6) is 0 Å². The molecule has 0 aliphatic rings. The van der Waals surface area contributed by atoms with Crippen LogP contribution in [0.2, 0.25) is 0 Å². The number of benzene rings is 6. The molecule has 42 heavy (non-hydrogen) atoms. The number of para-hydroxylation sites is 1. The first-order valence-electron chi connectivity index (χ1n) is 14.0. The minimum Gasteiger partial charge on any atom is -0.416 e. The van der Waals surface area contributed by atoms with Gasteiger partial charge in [0.2, 0.25) is 11.8 Å². The van der Waals surface area contributed by atoms with E-state index in [1.54, 1.807) is 0 Å². The lowest BCUT2D eigenvalue weighted by atomic mass is 10.0. The number of hydrogen-bond donors (Lipinski definition) is 0. The van der Waals surface area contributed by atoms with Gasteiger partial charge in [-0.3, -0.25) is 0 Å². The van der Waals surface area contributed by atoms with Gasteiger partial charge in [0.1, 0.15) is 0 Å². The van der Waals surface area contributed by atoms with Crippen molar-refractivity contribution in [3.8, 4) is 50.8 Å². The molecule has 0 spiro atoms. The maximum absolute atomic E-state index is 6.14. The Morgan fingerprint density at radius 1 is 0.381 bits per heavy atom. The van der Waals surface area contributed by atoms with Crippen LogP contribution in [0.3, 0.4) is 0 Å². The molecule has 0 unspecified atom stereocenters. The predicted octanol–water partition coefficient (Wildman–Crippen LogP) is 9.83. The summed E-state index contributed by atoms with van der Waals surface area (Å²) < 4.78 is 8.46. The summed E-state index contributed by atoms with van der Waals surface area (Å²) in [7, 11) is 0. The molecule has 0 aliphatic carbocycles. The van der Waals surface area contributed by atoms with Crippen molar-refractivity contribution < 1.29 is 4.42 Å². The number of aromatic nitrogens is 3. The summed E-state index contributed by atoms with van der Waals surface area (Å²) in [6, 6.07) is 52.6. The molecule has 0 radical (unpaired) electrons. The van der Waals surface area contributed by atoms with Crippen LogP contribution in [0.15, 0.2) is 156 Å². The Balaban J connectivity index is 1.15. The molecule has 4 heteroatoms. The highest BCUT2D eigenvalue weighted by molar-refractivity contribution is 6.10. The molecule has 0 atom stereocenters. The van der Waals surface area contributed by atoms with Crippen LogP contribution >= 0.6 is 0 Å². The van der Waals surface area contributed by atoms with Crippen molar-refractivity contribution in [3.63, 3.8) is 0 Å². The molecule has 0 saturated carbocycles. The zero-order valence-corrected chi connectivity index (χ0v) is 22.7. The summed E-state index contributed by atoms with van der Waals surface area (Å²) in [6.07, 6.45) is 0. The van der Waals surface area contributed by atoms with E-state index in [-0.39, 0.29) is 0 Å². The van der Waals surface area contributed by atoms with Gasteiger partial charge in [-0.2, -0.15) is 0 Å². The van der Waals surface area contributed by atoms with Crippen molar-refractivity contribution in [1.82, 2.24) is 14.8 Å². The van der Waals surface area contributed by atoms with Crippen molar-refractivity contribution in [1.29, 1.82) is 0 Å². The third-order valence-electron chi connectivity index (χ3n) is 7.79. The van der Waals surface area contributed by atoms with Crippen LogP contribution in [0.1, 0.15) is 0 Å². The van der Waals surface area contributed by atoms with E-state index in [1.807, 2.05) is 42.5 Å². The molecule has 0 amide bonds. The van der Waals surface area contributed by atoms with Crippen LogP contribution in [0, 0.1) is 0 Å². The molecule has 0 fully saturated rings. The third kappa shape index (κ3) is 4.18. The highest BCUT2D eigenvalue weighted by Crippen LogP contribution is 2.35. The summed E-state index contributed by atoms with van der Waals surface area (Å²) in [5.74, 6) is 1.000. The molecular weight excluding hydrogens is 514 g/mol. The fraction of sp³-hybridized carbons (Fsp3) is 0. The van der Waals surface area contributed by atoms with Crippen LogP contribution in [0.4, 0.5) is 0 Å². The second-order valence-electron chi connectivity index (χ2n) is 10.4. The summed E-state index contributed by atoms with van der Waals surface area (Å²) >= 11 is 0. The smallest absolute Gasteiger partial charge is 0.248 e. The van der Waals surface area contributed by atoms with Gasteiger partial charge in [0, 0.05) is 27.6 Å². The van der Waals surface area contributed by atoms with Gasteiger partial charge in [-0.25, -0.2) is 0 Å². The van der Waals surface area contributed by atoms with E-state index in [4.69, 9.17) is 4.42 Å². The lowest BCUT2D eigenvalue weighted by molar-refractivity contribution is 0.584. The standard InChI is InChI=1S/C38H25N3O/c1-3-10-26(11-4-1)29-14-9-15-31(24-29)38-40-39-37(42-38)28-18-21-32(22-19-28)41-35-17-8-7-16-33(35)34-25-30(20-23-36(34)41)27-12-5-2-6-13-27/h1-25H. The predicted molar refractivity (Wildman–Crippen MR) is 170 cm³/mol. The van der Waals surface area contributed by atoms with E-state index in [2.05, 4.69) is 124 Å². The van der Waals surface area contributed by atoms with E-state index in [1.165, 1.54) is 32.9 Å². The fourth-order valence-corrected chi connectivity index (χ4v) is 5.73. The Hall–Kier alpha value is -5.74. The van der Waals surface area contributed by atoms with Crippen molar-refractivity contribution in [2.75, 3.05) is 0 Å². The Kier molecular flexibility index (Phi) is 5.75. The van der Waals surface area contributed by atoms with Crippen molar-refractivity contribution in [2.24, 2.45) is 0 Å². The first-order valence-corrected chi connectivity index (χ1v) is 14.0. The van der Waals surface area contributed by atoms with Gasteiger partial charge in [-0.05, 0) is 76.9 Å². The van der Waals surface area contributed by atoms with Gasteiger partial charge in [-0.1, -0.05) is 97.1 Å². The van der Waals surface area contributed by atoms with Crippen molar-refractivity contribution in [3.05, 3.63) is 152 Å². The molecular formula is C38H25N3O. The average molecular weight is 540 g/mol. The number of fused-ring (bicyclic) bond motifs is 3. The summed E-state index contributed by atoms with van der Waals surface area (Å²) in [5, 5.41) is 11.2.